The van der Waals surface area contributed by atoms with Crippen LogP contribution in [-0.4, -0.2) is 18.2 Å². The number of Topliss-reactive ketones (excluding diaryl/α,β-unsaturated/α-hetero) is 1. The molecule has 0 aliphatic carbocycles. The molecule has 1 rings (SSSR count). The Kier molecular flexibility index (Phi) is 5.40. The van der Waals surface area contributed by atoms with Gasteiger partial charge >= 0.3 is 0 Å². The Morgan fingerprint density at radius 1 is 1.18 bits per heavy atom. The molecular formula is C14H19NO2. The van der Waals surface area contributed by atoms with Gasteiger partial charge in [0.1, 0.15) is 0 Å². The van der Waals surface area contributed by atoms with Crippen LogP contribution in [0, 0.1) is 0 Å². The molecule has 0 bridgehead atoms. The van der Waals surface area contributed by atoms with Crippen LogP contribution in [0.4, 0.5) is 0 Å². The molecule has 0 atom stereocenters. The topological polar surface area (TPSA) is 46.2 Å². The second-order valence-corrected chi connectivity index (χ2v) is 4.06. The number of hydrogen-bond acceptors (Lipinski definition) is 2. The van der Waals surface area contributed by atoms with Crippen LogP contribution in [0.3, 0.4) is 0 Å². The number of carbonyl (C=O) groups excluding carboxylic acids is 2. The summed E-state index contributed by atoms with van der Waals surface area (Å²) in [5.74, 6) is 0.184. The van der Waals surface area contributed by atoms with Gasteiger partial charge in [0.25, 0.3) is 0 Å². The number of rotatable bonds is 6. The van der Waals surface area contributed by atoms with Crippen LogP contribution in [-0.2, 0) is 11.2 Å². The lowest BCUT2D eigenvalue weighted by atomic mass is 10.0. The molecule has 3 nitrogen and oxygen atoms in total. The number of amides is 1. The quantitative estimate of drug-likeness (QED) is 0.605. The zero-order chi connectivity index (χ0) is 12.7. The highest BCUT2D eigenvalue weighted by Crippen LogP contribution is 2.08. The Bertz CT molecular complexity index is 382. The molecule has 0 saturated heterocycles. The van der Waals surface area contributed by atoms with E-state index in [4.69, 9.17) is 0 Å². The van der Waals surface area contributed by atoms with E-state index in [0.29, 0.717) is 13.0 Å². The molecule has 17 heavy (non-hydrogen) atoms. The molecule has 0 aliphatic heterocycles. The second kappa shape index (κ2) is 6.84. The summed E-state index contributed by atoms with van der Waals surface area (Å²) in [6.45, 7) is 4.08. The van der Waals surface area contributed by atoms with Crippen molar-refractivity contribution in [2.75, 3.05) is 6.54 Å². The highest BCUT2D eigenvalue weighted by molar-refractivity contribution is 5.95. The zero-order valence-corrected chi connectivity index (χ0v) is 10.5. The van der Waals surface area contributed by atoms with Crippen molar-refractivity contribution in [3.05, 3.63) is 35.4 Å². The first-order valence-corrected chi connectivity index (χ1v) is 6.00. The van der Waals surface area contributed by atoms with Gasteiger partial charge in [-0.15, -0.1) is 0 Å². The van der Waals surface area contributed by atoms with E-state index >= 15 is 0 Å². The largest absolute Gasteiger partial charge is 0.356 e. The number of nitrogens with one attached hydrogen (secondary N) is 1. The van der Waals surface area contributed by atoms with Gasteiger partial charge < -0.3 is 5.32 Å². The van der Waals surface area contributed by atoms with Crippen molar-refractivity contribution in [3.63, 3.8) is 0 Å². The molecule has 0 aromatic heterocycles. The fraction of sp³-hybridized carbons (Fsp3) is 0.429. The molecule has 1 N–H and O–H groups in total. The Hall–Kier alpha value is -1.64. The fourth-order valence-corrected chi connectivity index (χ4v) is 1.62. The Balaban J connectivity index is 2.40. The third-order valence-corrected chi connectivity index (χ3v) is 2.61. The van der Waals surface area contributed by atoms with Gasteiger partial charge in [0.05, 0.1) is 0 Å². The molecule has 0 spiro atoms. The first kappa shape index (κ1) is 13.4. The monoisotopic (exact) mass is 233 g/mol. The molecule has 1 aromatic rings. The second-order valence-electron chi connectivity index (χ2n) is 4.06. The smallest absolute Gasteiger partial charge is 0.216 e. The third kappa shape index (κ3) is 4.81. The number of hydrogen-bond donors (Lipinski definition) is 1. The van der Waals surface area contributed by atoms with Crippen LogP contribution in [0.5, 0.6) is 0 Å². The summed E-state index contributed by atoms with van der Waals surface area (Å²) in [6.07, 6.45) is 2.38. The summed E-state index contributed by atoms with van der Waals surface area (Å²) in [6, 6.07) is 7.71. The molecule has 0 saturated carbocycles. The predicted octanol–water partition coefficient (Wildman–Crippen LogP) is 2.35. The van der Waals surface area contributed by atoms with E-state index in [2.05, 4.69) is 5.32 Å². The number of benzene rings is 1. The van der Waals surface area contributed by atoms with Crippen molar-refractivity contribution in [3.8, 4) is 0 Å². The van der Waals surface area contributed by atoms with Crippen molar-refractivity contribution in [1.29, 1.82) is 0 Å². The fourth-order valence-electron chi connectivity index (χ4n) is 1.62. The molecule has 3 heteroatoms. The molecule has 0 fully saturated rings. The number of aryl methyl sites for hydroxylation is 1. The summed E-state index contributed by atoms with van der Waals surface area (Å²) in [5.41, 5.74) is 1.97. The Morgan fingerprint density at radius 2 is 1.82 bits per heavy atom. The van der Waals surface area contributed by atoms with E-state index in [1.54, 1.807) is 0 Å². The van der Waals surface area contributed by atoms with Crippen LogP contribution in [0.25, 0.3) is 0 Å². The molecule has 92 valence electrons. The van der Waals surface area contributed by atoms with E-state index in [0.717, 1.165) is 18.4 Å². The summed E-state index contributed by atoms with van der Waals surface area (Å²) < 4.78 is 0. The minimum absolute atomic E-state index is 0.00823. The van der Waals surface area contributed by atoms with Gasteiger partial charge in [-0.3, -0.25) is 9.59 Å². The maximum atomic E-state index is 11.4. The highest BCUT2D eigenvalue weighted by Gasteiger charge is 2.02. The predicted molar refractivity (Wildman–Crippen MR) is 68.1 cm³/mol. The number of ketones is 1. The van der Waals surface area contributed by atoms with Gasteiger partial charge in [-0.2, -0.15) is 0 Å². The standard InChI is InChI=1S/C14H19NO2/c1-3-14(17)13-8-6-12(7-9-13)5-4-10-15-11(2)16/h6-9H,3-5,10H2,1-2H3,(H,15,16). The summed E-state index contributed by atoms with van der Waals surface area (Å²) >= 11 is 0. The van der Waals surface area contributed by atoms with Crippen molar-refractivity contribution in [1.82, 2.24) is 5.32 Å². The van der Waals surface area contributed by atoms with E-state index in [-0.39, 0.29) is 11.7 Å². The van der Waals surface area contributed by atoms with Crippen molar-refractivity contribution < 1.29 is 9.59 Å². The van der Waals surface area contributed by atoms with Gasteiger partial charge in [0, 0.05) is 25.5 Å². The van der Waals surface area contributed by atoms with Crippen molar-refractivity contribution in [2.24, 2.45) is 0 Å². The lowest BCUT2D eigenvalue weighted by molar-refractivity contribution is -0.118. The first-order valence-electron chi connectivity index (χ1n) is 6.00. The zero-order valence-electron chi connectivity index (χ0n) is 10.5. The Morgan fingerprint density at radius 3 is 2.35 bits per heavy atom. The van der Waals surface area contributed by atoms with E-state index in [1.807, 2.05) is 31.2 Å². The van der Waals surface area contributed by atoms with Crippen LogP contribution in [0.15, 0.2) is 24.3 Å². The third-order valence-electron chi connectivity index (χ3n) is 2.61. The number of carbonyl (C=O) groups is 2. The van der Waals surface area contributed by atoms with Crippen LogP contribution >= 0.6 is 0 Å². The van der Waals surface area contributed by atoms with Gasteiger partial charge in [0.2, 0.25) is 5.91 Å². The molecular weight excluding hydrogens is 214 g/mol. The lowest BCUT2D eigenvalue weighted by Crippen LogP contribution is -2.21. The normalized spacial score (nSPS) is 10.0. The first-order chi connectivity index (χ1) is 8.13. The average Bonchev–Trinajstić information content (AvgIpc) is 2.34. The van der Waals surface area contributed by atoms with Crippen LogP contribution in [0.1, 0.15) is 42.6 Å². The molecule has 0 heterocycles. The van der Waals surface area contributed by atoms with E-state index < -0.39 is 0 Å². The van der Waals surface area contributed by atoms with Crippen LogP contribution in [0.2, 0.25) is 0 Å². The SMILES string of the molecule is CCC(=O)c1ccc(CCCNC(C)=O)cc1. The molecule has 0 aliphatic rings. The van der Waals surface area contributed by atoms with Gasteiger partial charge in [0.15, 0.2) is 5.78 Å². The highest BCUT2D eigenvalue weighted by atomic mass is 16.1. The minimum atomic E-state index is 0.00823. The lowest BCUT2D eigenvalue weighted by Gasteiger charge is -2.04. The van der Waals surface area contributed by atoms with Gasteiger partial charge in [-0.25, -0.2) is 0 Å². The summed E-state index contributed by atoms with van der Waals surface area (Å²) in [7, 11) is 0. The van der Waals surface area contributed by atoms with Gasteiger partial charge in [-0.05, 0) is 18.4 Å². The summed E-state index contributed by atoms with van der Waals surface area (Å²) in [4.78, 5) is 22.1. The maximum Gasteiger partial charge on any atom is 0.216 e. The van der Waals surface area contributed by atoms with E-state index in [9.17, 15) is 9.59 Å². The average molecular weight is 233 g/mol. The molecule has 1 amide bonds. The minimum Gasteiger partial charge on any atom is -0.356 e. The summed E-state index contributed by atoms with van der Waals surface area (Å²) in [5, 5.41) is 2.76. The van der Waals surface area contributed by atoms with Crippen molar-refractivity contribution >= 4 is 11.7 Å². The van der Waals surface area contributed by atoms with E-state index in [1.165, 1.54) is 12.5 Å². The van der Waals surface area contributed by atoms with Crippen molar-refractivity contribution in [2.45, 2.75) is 33.1 Å². The molecule has 0 radical (unpaired) electrons. The Labute approximate surface area is 102 Å². The van der Waals surface area contributed by atoms with Gasteiger partial charge in [-0.1, -0.05) is 31.2 Å². The molecule has 0 unspecified atom stereocenters. The maximum absolute atomic E-state index is 11.4. The van der Waals surface area contributed by atoms with Crippen LogP contribution < -0.4 is 5.32 Å². The molecule has 1 aromatic carbocycles.